The van der Waals surface area contributed by atoms with Gasteiger partial charge in [-0.3, -0.25) is 5.84 Å². The van der Waals surface area contributed by atoms with Crippen molar-refractivity contribution < 1.29 is 4.74 Å². The quantitative estimate of drug-likeness (QED) is 0.549. The first kappa shape index (κ1) is 14.4. The van der Waals surface area contributed by atoms with E-state index in [0.29, 0.717) is 11.6 Å². The number of halogens is 1. The number of hydrogen-bond donors (Lipinski definition) is 2. The fraction of sp³-hybridized carbons (Fsp3) is 0.125. The number of hydrogen-bond acceptors (Lipinski definition) is 4. The van der Waals surface area contributed by atoms with Crippen LogP contribution in [0.2, 0.25) is 5.02 Å². The molecule has 3 N–H and O–H groups in total. The molecule has 0 radical (unpaired) electrons. The van der Waals surface area contributed by atoms with Gasteiger partial charge in [0.1, 0.15) is 12.4 Å². The van der Waals surface area contributed by atoms with Crippen LogP contribution in [0.4, 0.5) is 0 Å². The van der Waals surface area contributed by atoms with E-state index in [2.05, 4.69) is 29.0 Å². The third-order valence-corrected chi connectivity index (χ3v) is 4.55. The highest BCUT2D eigenvalue weighted by atomic mass is 35.5. The van der Waals surface area contributed by atoms with Crippen LogP contribution in [0.15, 0.2) is 53.9 Å². The second-order valence-electron chi connectivity index (χ2n) is 4.67. The average molecular weight is 319 g/mol. The van der Waals surface area contributed by atoms with Crippen LogP contribution in [-0.4, -0.2) is 6.61 Å². The lowest BCUT2D eigenvalue weighted by molar-refractivity contribution is 0.268. The number of benzene rings is 2. The Labute approximate surface area is 132 Å². The maximum atomic E-state index is 5.86. The fourth-order valence-electron chi connectivity index (χ4n) is 2.23. The monoisotopic (exact) mass is 318 g/mol. The minimum Gasteiger partial charge on any atom is -0.492 e. The van der Waals surface area contributed by atoms with Gasteiger partial charge in [0.25, 0.3) is 0 Å². The molecule has 0 bridgehead atoms. The Kier molecular flexibility index (Phi) is 4.41. The minimum atomic E-state index is -0.0666. The van der Waals surface area contributed by atoms with Gasteiger partial charge < -0.3 is 4.74 Å². The Morgan fingerprint density at radius 2 is 1.95 bits per heavy atom. The zero-order chi connectivity index (χ0) is 14.7. The molecule has 0 aliphatic carbocycles. The van der Waals surface area contributed by atoms with E-state index in [1.165, 1.54) is 10.1 Å². The van der Waals surface area contributed by atoms with Gasteiger partial charge in [0, 0.05) is 9.72 Å². The standard InChI is InChI=1S/C16H15ClN2OS/c17-12-4-6-13(7-5-12)20-10-15(19-18)14-3-1-2-11-8-9-21-16(11)14/h1-9,15,19H,10,18H2. The molecule has 0 saturated carbocycles. The van der Waals surface area contributed by atoms with Crippen molar-refractivity contribution in [3.8, 4) is 5.75 Å². The van der Waals surface area contributed by atoms with E-state index in [4.69, 9.17) is 22.2 Å². The van der Waals surface area contributed by atoms with Crippen molar-refractivity contribution in [2.75, 3.05) is 6.61 Å². The molecule has 5 heteroatoms. The normalized spacial score (nSPS) is 12.5. The topological polar surface area (TPSA) is 47.3 Å². The molecule has 3 aromatic rings. The van der Waals surface area contributed by atoms with E-state index < -0.39 is 0 Å². The summed E-state index contributed by atoms with van der Waals surface area (Å²) in [5.41, 5.74) is 3.99. The second-order valence-corrected chi connectivity index (χ2v) is 6.02. The Balaban J connectivity index is 1.79. The molecule has 1 unspecified atom stereocenters. The fourth-order valence-corrected chi connectivity index (χ4v) is 3.32. The first-order valence-electron chi connectivity index (χ1n) is 6.58. The van der Waals surface area contributed by atoms with Crippen molar-refractivity contribution >= 4 is 33.0 Å². The van der Waals surface area contributed by atoms with E-state index >= 15 is 0 Å². The van der Waals surface area contributed by atoms with E-state index in [9.17, 15) is 0 Å². The van der Waals surface area contributed by atoms with Gasteiger partial charge in [-0.15, -0.1) is 11.3 Å². The van der Waals surface area contributed by atoms with E-state index in [1.54, 1.807) is 11.3 Å². The lowest BCUT2D eigenvalue weighted by atomic mass is 10.1. The maximum absolute atomic E-state index is 5.86. The van der Waals surface area contributed by atoms with Crippen molar-refractivity contribution in [2.45, 2.75) is 6.04 Å². The van der Waals surface area contributed by atoms with Crippen LogP contribution in [-0.2, 0) is 0 Å². The summed E-state index contributed by atoms with van der Waals surface area (Å²) in [5.74, 6) is 6.48. The Hall–Kier alpha value is -1.59. The van der Waals surface area contributed by atoms with Gasteiger partial charge in [-0.25, -0.2) is 5.43 Å². The summed E-state index contributed by atoms with van der Waals surface area (Å²) in [4.78, 5) is 0. The highest BCUT2D eigenvalue weighted by Gasteiger charge is 2.14. The molecule has 0 saturated heterocycles. The number of nitrogens with two attached hydrogens (primary N) is 1. The molecule has 0 aliphatic heterocycles. The number of rotatable bonds is 5. The number of thiophene rings is 1. The summed E-state index contributed by atoms with van der Waals surface area (Å²) in [5, 5.41) is 4.00. The summed E-state index contributed by atoms with van der Waals surface area (Å²) in [6.45, 7) is 0.454. The van der Waals surface area contributed by atoms with Crippen molar-refractivity contribution in [3.05, 3.63) is 64.5 Å². The number of fused-ring (bicyclic) bond motifs is 1. The van der Waals surface area contributed by atoms with Crippen LogP contribution in [0.25, 0.3) is 10.1 Å². The molecule has 3 rings (SSSR count). The summed E-state index contributed by atoms with van der Waals surface area (Å²) >= 11 is 7.58. The predicted molar refractivity (Wildman–Crippen MR) is 88.8 cm³/mol. The predicted octanol–water partition coefficient (Wildman–Crippen LogP) is 4.14. The molecule has 0 fully saturated rings. The summed E-state index contributed by atoms with van der Waals surface area (Å²) < 4.78 is 7.03. The number of ether oxygens (including phenoxy) is 1. The minimum absolute atomic E-state index is 0.0666. The largest absolute Gasteiger partial charge is 0.492 e. The average Bonchev–Trinajstić information content (AvgIpc) is 2.99. The van der Waals surface area contributed by atoms with Crippen molar-refractivity contribution in [2.24, 2.45) is 5.84 Å². The third-order valence-electron chi connectivity index (χ3n) is 3.32. The van der Waals surface area contributed by atoms with Gasteiger partial charge in [0.15, 0.2) is 0 Å². The molecule has 21 heavy (non-hydrogen) atoms. The molecule has 1 aromatic heterocycles. The maximum Gasteiger partial charge on any atom is 0.119 e. The number of nitrogens with one attached hydrogen (secondary N) is 1. The molecule has 0 amide bonds. The van der Waals surface area contributed by atoms with Crippen LogP contribution >= 0.6 is 22.9 Å². The van der Waals surface area contributed by atoms with Crippen LogP contribution in [0.5, 0.6) is 5.75 Å². The highest BCUT2D eigenvalue weighted by Crippen LogP contribution is 2.29. The Morgan fingerprint density at radius 1 is 1.14 bits per heavy atom. The van der Waals surface area contributed by atoms with Crippen LogP contribution in [0.3, 0.4) is 0 Å². The summed E-state index contributed by atoms with van der Waals surface area (Å²) in [6.07, 6.45) is 0. The van der Waals surface area contributed by atoms with Crippen LogP contribution in [0.1, 0.15) is 11.6 Å². The first-order chi connectivity index (χ1) is 10.3. The van der Waals surface area contributed by atoms with Crippen molar-refractivity contribution in [3.63, 3.8) is 0 Å². The zero-order valence-corrected chi connectivity index (χ0v) is 12.8. The van der Waals surface area contributed by atoms with Gasteiger partial charge in [-0.1, -0.05) is 29.8 Å². The molecule has 1 heterocycles. The molecule has 108 valence electrons. The third kappa shape index (κ3) is 3.19. The number of hydrazine groups is 1. The molecule has 0 aliphatic rings. The molecule has 3 nitrogen and oxygen atoms in total. The second kappa shape index (κ2) is 6.45. The SMILES string of the molecule is NNC(COc1ccc(Cl)cc1)c1cccc2ccsc12. The van der Waals surface area contributed by atoms with Crippen molar-refractivity contribution in [1.29, 1.82) is 0 Å². The molecular formula is C16H15ClN2OS. The Morgan fingerprint density at radius 3 is 2.71 bits per heavy atom. The van der Waals surface area contributed by atoms with Gasteiger partial charge in [0.05, 0.1) is 6.04 Å². The first-order valence-corrected chi connectivity index (χ1v) is 7.84. The van der Waals surface area contributed by atoms with E-state index in [-0.39, 0.29) is 6.04 Å². The van der Waals surface area contributed by atoms with Crippen LogP contribution < -0.4 is 16.0 Å². The Bertz CT molecular complexity index is 726. The molecule has 1 atom stereocenters. The zero-order valence-electron chi connectivity index (χ0n) is 11.3. The molecule has 2 aromatic carbocycles. The van der Waals surface area contributed by atoms with E-state index in [1.807, 2.05) is 30.3 Å². The highest BCUT2D eigenvalue weighted by molar-refractivity contribution is 7.17. The lowest BCUT2D eigenvalue weighted by Gasteiger charge is -2.18. The molecular weight excluding hydrogens is 304 g/mol. The van der Waals surface area contributed by atoms with Gasteiger partial charge >= 0.3 is 0 Å². The van der Waals surface area contributed by atoms with Gasteiger partial charge in [-0.05, 0) is 46.7 Å². The van der Waals surface area contributed by atoms with E-state index in [0.717, 1.165) is 11.3 Å². The van der Waals surface area contributed by atoms with Crippen LogP contribution in [0, 0.1) is 0 Å². The lowest BCUT2D eigenvalue weighted by Crippen LogP contribution is -2.32. The molecule has 0 spiro atoms. The van der Waals surface area contributed by atoms with Crippen molar-refractivity contribution in [1.82, 2.24) is 5.43 Å². The smallest absolute Gasteiger partial charge is 0.119 e. The summed E-state index contributed by atoms with van der Waals surface area (Å²) in [6, 6.07) is 15.6. The van der Waals surface area contributed by atoms with Gasteiger partial charge in [-0.2, -0.15) is 0 Å². The van der Waals surface area contributed by atoms with Gasteiger partial charge in [0.2, 0.25) is 0 Å². The summed E-state index contributed by atoms with van der Waals surface area (Å²) in [7, 11) is 0.